The van der Waals surface area contributed by atoms with Crippen molar-refractivity contribution in [2.45, 2.75) is 146 Å². The maximum atomic E-state index is 14.8. The SMILES string of the molecule is COc1ccc2c(O[C@@H]3C[C@H]4C(=O)N[C@]5(C(=O)NS(=O)(=O)C6(C)CC6)C[C@H]5C=CCCCCC[C@H](NC(=O)OC(C)(C)C)C(=O)N4C3)cc(-c3nc(C(C)C)cs3)nc2c1C. The third-order valence-electron chi connectivity index (χ3n) is 12.2. The highest BCUT2D eigenvalue weighted by Crippen LogP contribution is 2.48. The van der Waals surface area contributed by atoms with Gasteiger partial charge in [-0.05, 0) is 91.2 Å². The predicted octanol–water partition coefficient (Wildman–Crippen LogP) is 6.43. The van der Waals surface area contributed by atoms with Gasteiger partial charge in [0.1, 0.15) is 51.5 Å². The van der Waals surface area contributed by atoms with E-state index in [1.54, 1.807) is 34.8 Å². The maximum Gasteiger partial charge on any atom is 0.408 e. The Morgan fingerprint density at radius 3 is 2.51 bits per heavy atom. The topological polar surface area (TPSA) is 195 Å². The van der Waals surface area contributed by atoms with E-state index in [1.807, 2.05) is 42.7 Å². The first kappa shape index (κ1) is 44.3. The van der Waals surface area contributed by atoms with Gasteiger partial charge in [-0.3, -0.25) is 19.1 Å². The molecule has 15 nitrogen and oxygen atoms in total. The lowest BCUT2D eigenvalue weighted by Gasteiger charge is -2.30. The number of allylic oxidation sites excluding steroid dienone is 1. The van der Waals surface area contributed by atoms with Crippen LogP contribution in [0.5, 0.6) is 11.5 Å². The molecule has 17 heteroatoms. The number of hydrogen-bond donors (Lipinski definition) is 3. The number of aryl methyl sites for hydroxylation is 1. The van der Waals surface area contributed by atoms with Crippen molar-refractivity contribution < 1.29 is 41.8 Å². The number of hydrogen-bond acceptors (Lipinski definition) is 12. The smallest absolute Gasteiger partial charge is 0.408 e. The summed E-state index contributed by atoms with van der Waals surface area (Å²) in [4.78, 5) is 67.9. The number of sulfonamides is 1. The Morgan fingerprint density at radius 2 is 1.84 bits per heavy atom. The summed E-state index contributed by atoms with van der Waals surface area (Å²) in [7, 11) is -2.42. The molecular weight excluding hydrogens is 821 g/mol. The van der Waals surface area contributed by atoms with Crippen LogP contribution in [0, 0.1) is 12.8 Å². The lowest BCUT2D eigenvalue weighted by atomic mass is 10.0. The van der Waals surface area contributed by atoms with E-state index >= 15 is 0 Å². The summed E-state index contributed by atoms with van der Waals surface area (Å²) in [5.41, 5.74) is 0.611. The van der Waals surface area contributed by atoms with Gasteiger partial charge in [0.15, 0.2) is 0 Å². The van der Waals surface area contributed by atoms with Gasteiger partial charge in [0, 0.05) is 34.7 Å². The summed E-state index contributed by atoms with van der Waals surface area (Å²) in [5.74, 6) is -1.05. The average Bonchev–Trinajstić information content (AvgIpc) is 3.95. The molecular formula is C44H58N6O9S2. The van der Waals surface area contributed by atoms with Crippen molar-refractivity contribution >= 4 is 56.1 Å². The Bertz CT molecular complexity index is 2350. The van der Waals surface area contributed by atoms with Crippen LogP contribution in [0.3, 0.4) is 0 Å². The van der Waals surface area contributed by atoms with Crippen LogP contribution in [-0.4, -0.2) is 94.8 Å². The number of amides is 4. The highest BCUT2D eigenvalue weighted by atomic mass is 32.2. The number of alkyl carbamates (subject to hydrolysis) is 1. The minimum atomic E-state index is -4.01. The molecule has 2 aliphatic heterocycles. The molecule has 0 spiro atoms. The number of carbonyl (C=O) groups excluding carboxylic acids is 4. The first-order chi connectivity index (χ1) is 28.7. The molecule has 3 N–H and O–H groups in total. The molecule has 330 valence electrons. The Hall–Kier alpha value is -4.77. The molecule has 4 heterocycles. The van der Waals surface area contributed by atoms with Gasteiger partial charge in [-0.1, -0.05) is 38.8 Å². The number of nitrogens with zero attached hydrogens (tertiary/aromatic N) is 3. The van der Waals surface area contributed by atoms with Crippen molar-refractivity contribution in [3.63, 3.8) is 0 Å². The fourth-order valence-electron chi connectivity index (χ4n) is 8.05. The number of nitrogens with one attached hydrogen (secondary N) is 3. The van der Waals surface area contributed by atoms with E-state index < -0.39 is 73.8 Å². The quantitative estimate of drug-likeness (QED) is 0.200. The number of thiazole rings is 1. The second kappa shape index (κ2) is 16.8. The van der Waals surface area contributed by atoms with Gasteiger partial charge in [-0.2, -0.15) is 0 Å². The summed E-state index contributed by atoms with van der Waals surface area (Å²) >= 11 is 1.48. The molecule has 4 amide bonds. The summed E-state index contributed by atoms with van der Waals surface area (Å²) < 4.78 is 45.8. The van der Waals surface area contributed by atoms with Crippen LogP contribution in [0.1, 0.15) is 117 Å². The molecule has 3 fully saturated rings. The lowest BCUT2D eigenvalue weighted by molar-refractivity contribution is -0.141. The average molecular weight is 879 g/mol. The second-order valence-corrected chi connectivity index (χ2v) is 21.5. The molecule has 2 saturated carbocycles. The summed E-state index contributed by atoms with van der Waals surface area (Å²) in [6.07, 6.45) is 6.57. The van der Waals surface area contributed by atoms with Crippen LogP contribution in [-0.2, 0) is 29.1 Å². The minimum absolute atomic E-state index is 0.0261. The van der Waals surface area contributed by atoms with Crippen molar-refractivity contribution in [1.29, 1.82) is 0 Å². The number of fused-ring (bicyclic) bond motifs is 3. The largest absolute Gasteiger partial charge is 0.496 e. The molecule has 0 radical (unpaired) electrons. The zero-order valence-electron chi connectivity index (χ0n) is 36.3. The van der Waals surface area contributed by atoms with Gasteiger partial charge in [0.05, 0.1) is 29.6 Å². The first-order valence-corrected chi connectivity index (χ1v) is 23.6. The fraction of sp³-hybridized carbons (Fsp3) is 0.591. The predicted molar refractivity (Wildman–Crippen MR) is 232 cm³/mol. The number of rotatable bonds is 9. The van der Waals surface area contributed by atoms with E-state index in [1.165, 1.54) is 16.2 Å². The molecule has 61 heavy (non-hydrogen) atoms. The van der Waals surface area contributed by atoms with E-state index in [9.17, 15) is 27.6 Å². The zero-order chi connectivity index (χ0) is 44.1. The molecule has 2 aromatic heterocycles. The molecule has 1 aromatic carbocycles. The van der Waals surface area contributed by atoms with Crippen molar-refractivity contribution in [2.24, 2.45) is 5.92 Å². The Kier molecular flexibility index (Phi) is 12.2. The molecule has 0 unspecified atom stereocenters. The number of aromatic nitrogens is 2. The summed E-state index contributed by atoms with van der Waals surface area (Å²) in [6, 6.07) is 3.36. The van der Waals surface area contributed by atoms with Gasteiger partial charge < -0.3 is 29.7 Å². The maximum absolute atomic E-state index is 14.8. The van der Waals surface area contributed by atoms with Gasteiger partial charge in [0.2, 0.25) is 21.8 Å². The summed E-state index contributed by atoms with van der Waals surface area (Å²) in [5, 5.41) is 9.11. The third-order valence-corrected chi connectivity index (χ3v) is 15.2. The van der Waals surface area contributed by atoms with E-state index in [4.69, 9.17) is 24.2 Å². The summed E-state index contributed by atoms with van der Waals surface area (Å²) in [6.45, 7) is 12.8. The second-order valence-electron chi connectivity index (χ2n) is 18.4. The number of methoxy groups -OCH3 is 1. The van der Waals surface area contributed by atoms with Crippen LogP contribution >= 0.6 is 11.3 Å². The van der Waals surface area contributed by atoms with Crippen molar-refractivity contribution in [3.8, 4) is 22.2 Å². The Labute approximate surface area is 361 Å². The molecule has 1 saturated heterocycles. The standard InChI is InChI=1S/C44H58N6O9S2/c1-25(2)32-24-60-38(46-32)31-21-35(29-16-17-34(57-8)26(3)36(29)45-31)58-28-20-33-37(51)48-44(40(53)49-61(55,56)43(7)18-19-43)22-27(44)14-12-10-9-11-13-15-30(39(52)50(33)23-28)47-41(54)59-42(4,5)6/h12,14,16-17,21,24-25,27-28,30,33H,9-11,13,15,18-20,22-23H2,1-8H3,(H,47,54)(H,48,51)(H,49,53)/t27-,28-,30+,33+,44-/m1/s1. The van der Waals surface area contributed by atoms with Gasteiger partial charge >= 0.3 is 6.09 Å². The third kappa shape index (κ3) is 9.37. The molecule has 3 aromatic rings. The number of pyridine rings is 1. The van der Waals surface area contributed by atoms with E-state index in [-0.39, 0.29) is 25.3 Å². The van der Waals surface area contributed by atoms with Gasteiger partial charge in [-0.15, -0.1) is 11.3 Å². The van der Waals surface area contributed by atoms with E-state index in [2.05, 4.69) is 29.2 Å². The molecule has 2 aliphatic carbocycles. The lowest BCUT2D eigenvalue weighted by Crippen LogP contribution is -2.58. The van der Waals surface area contributed by atoms with E-state index in [0.717, 1.165) is 24.1 Å². The zero-order valence-corrected chi connectivity index (χ0v) is 37.9. The molecule has 5 atom stereocenters. The first-order valence-electron chi connectivity index (χ1n) is 21.2. The van der Waals surface area contributed by atoms with Crippen molar-refractivity contribution in [2.75, 3.05) is 13.7 Å². The van der Waals surface area contributed by atoms with Crippen molar-refractivity contribution in [3.05, 3.63) is 47.0 Å². The van der Waals surface area contributed by atoms with Gasteiger partial charge in [-0.25, -0.2) is 23.2 Å². The Balaban J connectivity index is 1.25. The number of carbonyl (C=O) groups is 4. The number of benzene rings is 1. The van der Waals surface area contributed by atoms with E-state index in [0.29, 0.717) is 65.2 Å². The van der Waals surface area contributed by atoms with Crippen LogP contribution in [0.4, 0.5) is 4.79 Å². The molecule has 4 aliphatic rings. The van der Waals surface area contributed by atoms with Crippen molar-refractivity contribution in [1.82, 2.24) is 30.2 Å². The van der Waals surface area contributed by atoms with Gasteiger partial charge in [0.25, 0.3) is 5.91 Å². The molecule has 0 bridgehead atoms. The fourth-order valence-corrected chi connectivity index (χ4v) is 10.3. The minimum Gasteiger partial charge on any atom is -0.496 e. The molecule has 7 rings (SSSR count). The Morgan fingerprint density at radius 1 is 1.08 bits per heavy atom. The number of ether oxygens (including phenoxy) is 3. The highest BCUT2D eigenvalue weighted by Gasteiger charge is 2.63. The normalized spacial score (nSPS) is 25.4. The van der Waals surface area contributed by atoms with Crippen LogP contribution in [0.15, 0.2) is 35.7 Å². The highest BCUT2D eigenvalue weighted by molar-refractivity contribution is 7.91. The van der Waals surface area contributed by atoms with Crippen LogP contribution in [0.25, 0.3) is 21.6 Å². The van der Waals surface area contributed by atoms with Crippen LogP contribution < -0.4 is 24.8 Å². The monoisotopic (exact) mass is 878 g/mol. The van der Waals surface area contributed by atoms with Crippen LogP contribution in [0.2, 0.25) is 0 Å².